The summed E-state index contributed by atoms with van der Waals surface area (Å²) in [5, 5.41) is 6.00. The zero-order chi connectivity index (χ0) is 32.8. The van der Waals surface area contributed by atoms with Gasteiger partial charge in [0.1, 0.15) is 0 Å². The van der Waals surface area contributed by atoms with Gasteiger partial charge in [-0.05, 0) is 71.0 Å². The van der Waals surface area contributed by atoms with Gasteiger partial charge in [0.2, 0.25) is 27.5 Å². The molecule has 0 radical (unpaired) electrons. The number of benzene rings is 2. The summed E-state index contributed by atoms with van der Waals surface area (Å²) in [5.41, 5.74) is -6.56. The molecule has 2 N–H and O–H groups in total. The highest BCUT2D eigenvalue weighted by atomic mass is 32.2. The largest absolute Gasteiger partial charge is 0.411 e. The van der Waals surface area contributed by atoms with Gasteiger partial charge >= 0.3 is 12.4 Å². The molecule has 0 atom stereocenters. The minimum Gasteiger partial charge on any atom is -0.325 e. The number of hydrogen-bond acceptors (Lipinski definition) is 12. The molecule has 0 aliphatic carbocycles. The van der Waals surface area contributed by atoms with E-state index in [-0.39, 0.29) is 22.9 Å². The molecule has 0 aliphatic rings. The SMILES string of the molecule is CSc1nsc(SCC(=O)Nc2ccc(C(c3ccc(NC(=O)CSc4nc(SC)ns4)cc3)(C(F)(F)F)C(F)(F)F)cc2)n1. The molecule has 0 bridgehead atoms. The minimum atomic E-state index is -5.80. The van der Waals surface area contributed by atoms with Crippen LogP contribution in [0.1, 0.15) is 11.1 Å². The van der Waals surface area contributed by atoms with Crippen LogP contribution in [0.25, 0.3) is 0 Å². The molecule has 0 saturated carbocycles. The van der Waals surface area contributed by atoms with Crippen LogP contribution in [-0.2, 0) is 15.0 Å². The highest BCUT2D eigenvalue weighted by Gasteiger charge is 2.72. The topological polar surface area (TPSA) is 110 Å². The third kappa shape index (κ3) is 8.45. The van der Waals surface area contributed by atoms with E-state index in [0.717, 1.165) is 70.9 Å². The number of rotatable bonds is 12. The smallest absolute Gasteiger partial charge is 0.325 e. The van der Waals surface area contributed by atoms with Gasteiger partial charge < -0.3 is 10.6 Å². The Hall–Kier alpha value is -2.52. The van der Waals surface area contributed by atoms with Crippen molar-refractivity contribution in [3.05, 3.63) is 59.7 Å². The number of anilines is 2. The van der Waals surface area contributed by atoms with Gasteiger partial charge in [0.25, 0.3) is 0 Å². The van der Waals surface area contributed by atoms with Crippen LogP contribution in [0.3, 0.4) is 0 Å². The van der Waals surface area contributed by atoms with E-state index in [0.29, 0.717) is 43.3 Å². The third-order valence-corrected chi connectivity index (χ3v) is 10.8. The Morgan fingerprint density at radius 2 is 1.02 bits per heavy atom. The fourth-order valence-electron chi connectivity index (χ4n) is 3.91. The molecule has 8 nitrogen and oxygen atoms in total. The van der Waals surface area contributed by atoms with Crippen LogP contribution in [0, 0.1) is 0 Å². The number of hydrogen-bond donors (Lipinski definition) is 2. The number of nitrogens with one attached hydrogen (secondary N) is 2. The summed E-state index contributed by atoms with van der Waals surface area (Å²) < 4.78 is 96.5. The quantitative estimate of drug-likeness (QED) is 0.111. The number of carbonyl (C=O) groups is 2. The maximum atomic E-state index is 14.6. The lowest BCUT2D eigenvalue weighted by Gasteiger charge is -2.38. The maximum absolute atomic E-state index is 14.6. The predicted octanol–water partition coefficient (Wildman–Crippen LogP) is 7.71. The summed E-state index contributed by atoms with van der Waals surface area (Å²) in [6.45, 7) is 0. The van der Waals surface area contributed by atoms with Crippen LogP contribution in [0.15, 0.2) is 67.5 Å². The lowest BCUT2D eigenvalue weighted by Crippen LogP contribution is -2.54. The van der Waals surface area contributed by atoms with E-state index in [2.05, 4.69) is 29.3 Å². The first kappa shape index (κ1) is 35.3. The molecule has 0 unspecified atom stereocenters. The van der Waals surface area contributed by atoms with Crippen molar-refractivity contribution < 1.29 is 35.9 Å². The van der Waals surface area contributed by atoms with Crippen LogP contribution in [-0.4, -0.2) is 66.9 Å². The molecule has 45 heavy (non-hydrogen) atoms. The summed E-state index contributed by atoms with van der Waals surface area (Å²) in [5.74, 6) is -1.25. The number of nitrogens with zero attached hydrogens (tertiary/aromatic N) is 4. The van der Waals surface area contributed by atoms with Gasteiger partial charge in [0, 0.05) is 11.4 Å². The first-order chi connectivity index (χ1) is 21.3. The standard InChI is InChI=1S/C25H20F6N6O2S6/c1-40-19-34-21(44-36-19)42-11-17(38)32-15-7-3-13(4-8-15)23(24(26,27)28,25(29,30)31)14-5-9-16(10-6-14)33-18(39)12-43-22-35-20(41-2)37-45-22/h3-10H,11-12H2,1-2H3,(H,32,38)(H,33,39). The second kappa shape index (κ2) is 14.9. The van der Waals surface area contributed by atoms with Crippen molar-refractivity contribution in [1.82, 2.24) is 18.7 Å². The van der Waals surface area contributed by atoms with Crippen LogP contribution in [0.5, 0.6) is 0 Å². The molecule has 4 aromatic rings. The van der Waals surface area contributed by atoms with Gasteiger partial charge in [-0.3, -0.25) is 9.59 Å². The van der Waals surface area contributed by atoms with E-state index in [1.165, 1.54) is 23.5 Å². The molecule has 20 heteroatoms. The van der Waals surface area contributed by atoms with Gasteiger partial charge in [-0.25, -0.2) is 9.97 Å². The molecular weight excluding hydrogens is 723 g/mol. The van der Waals surface area contributed by atoms with Crippen LogP contribution >= 0.6 is 70.1 Å². The maximum Gasteiger partial charge on any atom is 0.411 e. The Balaban J connectivity index is 1.50. The minimum absolute atomic E-state index is 0.0128. The van der Waals surface area contributed by atoms with E-state index in [4.69, 9.17) is 0 Å². The summed E-state index contributed by atoms with van der Waals surface area (Å²) in [7, 11) is 0. The van der Waals surface area contributed by atoms with E-state index < -0.39 is 40.7 Å². The molecule has 0 fully saturated rings. The van der Waals surface area contributed by atoms with Crippen LogP contribution in [0.2, 0.25) is 0 Å². The molecule has 4 rings (SSSR count). The van der Waals surface area contributed by atoms with Gasteiger partial charge in [-0.15, -0.1) is 0 Å². The Kier molecular flexibility index (Phi) is 11.7. The summed E-state index contributed by atoms with van der Waals surface area (Å²) in [6, 6.07) is 6.65. The van der Waals surface area contributed by atoms with E-state index in [1.54, 1.807) is 12.5 Å². The molecule has 0 aliphatic heterocycles. The lowest BCUT2D eigenvalue weighted by atomic mass is 9.73. The average Bonchev–Trinajstić information content (AvgIpc) is 3.65. The Morgan fingerprint density at radius 1 is 0.667 bits per heavy atom. The number of aromatic nitrogens is 4. The second-order valence-corrected chi connectivity index (χ2v) is 14.2. The van der Waals surface area contributed by atoms with Gasteiger partial charge in [-0.1, -0.05) is 71.3 Å². The Bertz CT molecular complexity index is 1490. The van der Waals surface area contributed by atoms with E-state index >= 15 is 0 Å². The Morgan fingerprint density at radius 3 is 1.31 bits per heavy atom. The number of thioether (sulfide) groups is 4. The fraction of sp³-hybridized carbons (Fsp3) is 0.280. The molecule has 0 spiro atoms. The fourth-order valence-corrected chi connectivity index (χ4v) is 7.93. The lowest BCUT2D eigenvalue weighted by molar-refractivity contribution is -0.288. The Labute approximate surface area is 277 Å². The zero-order valence-electron chi connectivity index (χ0n) is 22.9. The summed E-state index contributed by atoms with van der Waals surface area (Å²) in [6.07, 6.45) is -8.02. The first-order valence-corrected chi connectivity index (χ1v) is 18.2. The monoisotopic (exact) mass is 742 g/mol. The third-order valence-electron chi connectivity index (χ3n) is 5.85. The molecule has 2 heterocycles. The van der Waals surface area contributed by atoms with Crippen molar-refractivity contribution in [3.8, 4) is 0 Å². The number of halogens is 6. The molecular formula is C25H20F6N6O2S6. The normalized spacial score (nSPS) is 12.3. The van der Waals surface area contributed by atoms with E-state index in [1.807, 2.05) is 0 Å². The van der Waals surface area contributed by atoms with Crippen molar-refractivity contribution in [2.75, 3.05) is 34.7 Å². The van der Waals surface area contributed by atoms with Crippen LogP contribution < -0.4 is 10.6 Å². The summed E-state index contributed by atoms with van der Waals surface area (Å²) >= 11 is 7.04. The van der Waals surface area contributed by atoms with Crippen molar-refractivity contribution >= 4 is 93.3 Å². The zero-order valence-corrected chi connectivity index (χ0v) is 27.8. The summed E-state index contributed by atoms with van der Waals surface area (Å²) in [4.78, 5) is 33.0. The van der Waals surface area contributed by atoms with Gasteiger partial charge in [0.05, 0.1) is 11.5 Å². The van der Waals surface area contributed by atoms with Gasteiger partial charge in [0.15, 0.2) is 8.68 Å². The number of alkyl halides is 6. The van der Waals surface area contributed by atoms with Crippen LogP contribution in [0.4, 0.5) is 37.7 Å². The highest BCUT2D eigenvalue weighted by Crippen LogP contribution is 2.56. The van der Waals surface area contributed by atoms with Crippen molar-refractivity contribution in [2.45, 2.75) is 36.8 Å². The van der Waals surface area contributed by atoms with Crippen molar-refractivity contribution in [1.29, 1.82) is 0 Å². The first-order valence-electron chi connectivity index (χ1n) is 12.2. The van der Waals surface area contributed by atoms with Crippen molar-refractivity contribution in [2.24, 2.45) is 0 Å². The predicted molar refractivity (Wildman–Crippen MR) is 168 cm³/mol. The molecule has 2 amide bonds. The average molecular weight is 743 g/mol. The van der Waals surface area contributed by atoms with Crippen molar-refractivity contribution in [3.63, 3.8) is 0 Å². The molecule has 2 aromatic heterocycles. The van der Waals surface area contributed by atoms with E-state index in [9.17, 15) is 35.9 Å². The number of amides is 2. The molecule has 0 saturated heterocycles. The molecule has 2 aromatic carbocycles. The highest BCUT2D eigenvalue weighted by molar-refractivity contribution is 8.02. The molecule has 240 valence electrons. The van der Waals surface area contributed by atoms with Gasteiger partial charge in [-0.2, -0.15) is 35.1 Å². The number of carbonyl (C=O) groups excluding carboxylic acids is 2. The second-order valence-electron chi connectivity index (χ2n) is 8.67.